The molecular formula is C20H27N3O3. The lowest BCUT2D eigenvalue weighted by Crippen LogP contribution is -2.52. The van der Waals surface area contributed by atoms with Crippen molar-refractivity contribution in [1.82, 2.24) is 10.2 Å². The summed E-state index contributed by atoms with van der Waals surface area (Å²) in [4.78, 5) is 14.5. The van der Waals surface area contributed by atoms with Crippen LogP contribution in [0, 0.1) is 11.3 Å². The molecule has 6 nitrogen and oxygen atoms in total. The zero-order valence-corrected chi connectivity index (χ0v) is 15.4. The average Bonchev–Trinajstić information content (AvgIpc) is 2.68. The van der Waals surface area contributed by atoms with Crippen LogP contribution in [0.2, 0.25) is 0 Å². The van der Waals surface area contributed by atoms with Gasteiger partial charge in [-0.05, 0) is 31.5 Å². The smallest absolute Gasteiger partial charge is 0.235 e. The second kappa shape index (κ2) is 8.41. The summed E-state index contributed by atoms with van der Waals surface area (Å²) in [7, 11) is 0. The van der Waals surface area contributed by atoms with E-state index in [1.807, 2.05) is 36.1 Å². The van der Waals surface area contributed by atoms with Crippen molar-refractivity contribution < 1.29 is 14.3 Å². The minimum absolute atomic E-state index is 0.0903. The Balaban J connectivity index is 1.53. The maximum absolute atomic E-state index is 12.5. The van der Waals surface area contributed by atoms with E-state index in [0.717, 1.165) is 50.1 Å². The monoisotopic (exact) mass is 357 g/mol. The van der Waals surface area contributed by atoms with Crippen molar-refractivity contribution in [1.29, 1.82) is 5.26 Å². The summed E-state index contributed by atoms with van der Waals surface area (Å²) >= 11 is 0. The molecule has 1 amide bonds. The lowest BCUT2D eigenvalue weighted by atomic mass is 9.83. The number of hydrogen-bond acceptors (Lipinski definition) is 5. The van der Waals surface area contributed by atoms with Crippen LogP contribution >= 0.6 is 0 Å². The number of benzene rings is 1. The summed E-state index contributed by atoms with van der Waals surface area (Å²) in [6.45, 7) is 4.09. The Bertz CT molecular complexity index is 665. The van der Waals surface area contributed by atoms with E-state index in [4.69, 9.17) is 9.47 Å². The third-order valence-corrected chi connectivity index (χ3v) is 5.14. The first kappa shape index (κ1) is 18.5. The van der Waals surface area contributed by atoms with Crippen LogP contribution in [-0.2, 0) is 4.79 Å². The molecule has 1 atom stereocenters. The van der Waals surface area contributed by atoms with Crippen LogP contribution < -0.4 is 14.8 Å². The highest BCUT2D eigenvalue weighted by Crippen LogP contribution is 2.31. The van der Waals surface area contributed by atoms with Crippen LogP contribution in [0.5, 0.6) is 11.5 Å². The molecule has 2 aliphatic rings. The molecule has 26 heavy (non-hydrogen) atoms. The van der Waals surface area contributed by atoms with Crippen molar-refractivity contribution in [2.24, 2.45) is 0 Å². The van der Waals surface area contributed by atoms with Crippen LogP contribution in [0.3, 0.4) is 0 Å². The van der Waals surface area contributed by atoms with Crippen LogP contribution in [0.25, 0.3) is 0 Å². The Labute approximate surface area is 155 Å². The lowest BCUT2D eigenvalue weighted by molar-refractivity contribution is -0.124. The van der Waals surface area contributed by atoms with Crippen molar-refractivity contribution in [3.8, 4) is 17.6 Å². The number of hydrogen-bond donors (Lipinski definition) is 1. The van der Waals surface area contributed by atoms with Gasteiger partial charge in [0.1, 0.15) is 18.2 Å². The van der Waals surface area contributed by atoms with Crippen LogP contribution in [0.15, 0.2) is 24.3 Å². The molecule has 1 heterocycles. The van der Waals surface area contributed by atoms with Gasteiger partial charge in [-0.2, -0.15) is 5.26 Å². The van der Waals surface area contributed by atoms with Crippen molar-refractivity contribution in [3.63, 3.8) is 0 Å². The largest absolute Gasteiger partial charge is 0.486 e. The predicted octanol–water partition coefficient (Wildman–Crippen LogP) is 2.49. The molecule has 1 aliphatic carbocycles. The number of nitriles is 1. The van der Waals surface area contributed by atoms with Crippen molar-refractivity contribution >= 4 is 5.91 Å². The number of rotatable bonds is 6. The zero-order valence-electron chi connectivity index (χ0n) is 15.4. The molecule has 1 aromatic carbocycles. The van der Waals surface area contributed by atoms with Crippen molar-refractivity contribution in [2.45, 2.75) is 50.7 Å². The average molecular weight is 357 g/mol. The first-order valence-electron chi connectivity index (χ1n) is 9.47. The maximum atomic E-state index is 12.5. The van der Waals surface area contributed by atoms with Gasteiger partial charge in [-0.15, -0.1) is 0 Å². The van der Waals surface area contributed by atoms with E-state index in [2.05, 4.69) is 11.4 Å². The van der Waals surface area contributed by atoms with E-state index in [9.17, 15) is 10.1 Å². The molecule has 1 N–H and O–H groups in total. The Morgan fingerprint density at radius 3 is 2.73 bits per heavy atom. The van der Waals surface area contributed by atoms with Gasteiger partial charge in [-0.1, -0.05) is 38.3 Å². The van der Waals surface area contributed by atoms with Gasteiger partial charge in [-0.3, -0.25) is 9.69 Å². The number of amides is 1. The van der Waals surface area contributed by atoms with Gasteiger partial charge >= 0.3 is 0 Å². The Hall–Kier alpha value is -2.26. The number of ether oxygens (including phenoxy) is 2. The van der Waals surface area contributed by atoms with Crippen molar-refractivity contribution in [2.75, 3.05) is 26.2 Å². The fraction of sp³-hybridized carbons (Fsp3) is 0.600. The molecule has 1 unspecified atom stereocenters. The second-order valence-corrected chi connectivity index (χ2v) is 7.13. The summed E-state index contributed by atoms with van der Waals surface area (Å²) in [5.74, 6) is 1.42. The van der Waals surface area contributed by atoms with Crippen LogP contribution in [0.4, 0.5) is 0 Å². The Morgan fingerprint density at radius 2 is 2.04 bits per heavy atom. The highest BCUT2D eigenvalue weighted by Gasteiger charge is 2.34. The molecular weight excluding hydrogens is 330 g/mol. The summed E-state index contributed by atoms with van der Waals surface area (Å²) in [6.07, 6.45) is 4.52. The molecule has 0 spiro atoms. The second-order valence-electron chi connectivity index (χ2n) is 7.13. The molecule has 0 radical (unpaired) electrons. The highest BCUT2D eigenvalue weighted by molar-refractivity contribution is 5.79. The van der Waals surface area contributed by atoms with Gasteiger partial charge in [0.05, 0.1) is 12.6 Å². The molecule has 140 valence electrons. The molecule has 0 aromatic heterocycles. The number of nitrogens with zero attached hydrogens (tertiary/aromatic N) is 2. The molecule has 0 saturated heterocycles. The van der Waals surface area contributed by atoms with E-state index in [-0.39, 0.29) is 18.6 Å². The van der Waals surface area contributed by atoms with Gasteiger partial charge in [0, 0.05) is 6.54 Å². The van der Waals surface area contributed by atoms with E-state index in [1.165, 1.54) is 0 Å². The molecule has 1 fully saturated rings. The van der Waals surface area contributed by atoms with Gasteiger partial charge in [0.15, 0.2) is 11.5 Å². The number of carbonyl (C=O) groups excluding carboxylic acids is 1. The first-order valence-corrected chi connectivity index (χ1v) is 9.47. The van der Waals surface area contributed by atoms with E-state index < -0.39 is 5.54 Å². The molecule has 1 aromatic rings. The predicted molar refractivity (Wildman–Crippen MR) is 98.0 cm³/mol. The van der Waals surface area contributed by atoms with Gasteiger partial charge < -0.3 is 14.8 Å². The Morgan fingerprint density at radius 1 is 1.31 bits per heavy atom. The molecule has 1 aliphatic heterocycles. The minimum Gasteiger partial charge on any atom is -0.486 e. The fourth-order valence-corrected chi connectivity index (χ4v) is 3.68. The third-order valence-electron chi connectivity index (χ3n) is 5.14. The normalized spacial score (nSPS) is 21.0. The molecule has 0 bridgehead atoms. The summed E-state index contributed by atoms with van der Waals surface area (Å²) in [6, 6.07) is 9.96. The Kier molecular flexibility index (Phi) is 6.00. The minimum atomic E-state index is -0.682. The SMILES string of the molecule is CCN(CC(=O)NC1(C#N)CCCCC1)CC1COc2ccccc2O1. The third kappa shape index (κ3) is 4.47. The quantitative estimate of drug-likeness (QED) is 0.847. The number of fused-ring (bicyclic) bond motifs is 1. The number of para-hydroxylation sites is 2. The van der Waals surface area contributed by atoms with Crippen LogP contribution in [0.1, 0.15) is 39.0 Å². The summed E-state index contributed by atoms with van der Waals surface area (Å²) in [5, 5.41) is 12.5. The van der Waals surface area contributed by atoms with E-state index >= 15 is 0 Å². The lowest BCUT2D eigenvalue weighted by Gasteiger charge is -2.33. The van der Waals surface area contributed by atoms with Crippen LogP contribution in [-0.4, -0.2) is 48.7 Å². The number of likely N-dealkylation sites (N-methyl/N-ethyl adjacent to an activating group) is 1. The number of carbonyl (C=O) groups is 1. The highest BCUT2D eigenvalue weighted by atomic mass is 16.6. The number of nitrogens with one attached hydrogen (secondary N) is 1. The molecule has 6 heteroatoms. The van der Waals surface area contributed by atoms with Crippen molar-refractivity contribution in [3.05, 3.63) is 24.3 Å². The van der Waals surface area contributed by atoms with E-state index in [0.29, 0.717) is 13.2 Å². The molecule has 3 rings (SSSR count). The summed E-state index contributed by atoms with van der Waals surface area (Å²) in [5.41, 5.74) is -0.682. The molecule has 1 saturated carbocycles. The fourth-order valence-electron chi connectivity index (χ4n) is 3.68. The summed E-state index contributed by atoms with van der Waals surface area (Å²) < 4.78 is 11.7. The van der Waals surface area contributed by atoms with Gasteiger partial charge in [0.25, 0.3) is 0 Å². The van der Waals surface area contributed by atoms with Gasteiger partial charge in [-0.25, -0.2) is 0 Å². The van der Waals surface area contributed by atoms with Gasteiger partial charge in [0.2, 0.25) is 5.91 Å². The standard InChI is InChI=1S/C20H27N3O3/c1-2-23(12-16-14-25-17-8-4-5-9-18(17)26-16)13-19(24)22-20(15-21)10-6-3-7-11-20/h4-5,8-9,16H,2-3,6-7,10-14H2,1H3,(H,22,24). The first-order chi connectivity index (χ1) is 12.6. The maximum Gasteiger partial charge on any atom is 0.235 e. The van der Waals surface area contributed by atoms with E-state index in [1.54, 1.807) is 0 Å². The zero-order chi connectivity index (χ0) is 18.4. The topological polar surface area (TPSA) is 74.6 Å².